The molecule has 4 heteroatoms. The van der Waals surface area contributed by atoms with Crippen molar-refractivity contribution in [2.45, 2.75) is 96.3 Å². The van der Waals surface area contributed by atoms with Crippen molar-refractivity contribution in [3.63, 3.8) is 0 Å². The molecule has 9 atom stereocenters. The summed E-state index contributed by atoms with van der Waals surface area (Å²) in [5, 5.41) is 21.6. The van der Waals surface area contributed by atoms with Gasteiger partial charge in [-0.2, -0.15) is 0 Å². The van der Waals surface area contributed by atoms with Crippen molar-refractivity contribution in [2.24, 2.45) is 40.2 Å². The Morgan fingerprint density at radius 2 is 1.64 bits per heavy atom. The van der Waals surface area contributed by atoms with Crippen molar-refractivity contribution in [1.82, 2.24) is 0 Å². The monoisotopic (exact) mass is 371 g/mol. The Morgan fingerprint density at radius 3 is 2.32 bits per heavy atom. The summed E-state index contributed by atoms with van der Waals surface area (Å²) in [6.07, 6.45) is 9.91. The Balaban J connectivity index is 0.00000182. The summed E-state index contributed by atoms with van der Waals surface area (Å²) in [5.41, 5.74) is 5.77. The largest absolute Gasteiger partial charge is 0.390 e. The van der Waals surface area contributed by atoms with Gasteiger partial charge in [-0.1, -0.05) is 13.8 Å². The summed E-state index contributed by atoms with van der Waals surface area (Å²) in [5.74, 6) is 2.94. The molecule has 0 aromatic carbocycles. The van der Waals surface area contributed by atoms with E-state index in [0.29, 0.717) is 17.4 Å². The van der Waals surface area contributed by atoms with Gasteiger partial charge in [0.2, 0.25) is 0 Å². The predicted molar refractivity (Wildman–Crippen MR) is 104 cm³/mol. The van der Waals surface area contributed by atoms with Gasteiger partial charge in [0, 0.05) is 11.5 Å². The Morgan fingerprint density at radius 1 is 0.960 bits per heavy atom. The highest BCUT2D eigenvalue weighted by atomic mass is 35.5. The number of aliphatic hydroxyl groups is 2. The second-order valence-electron chi connectivity index (χ2n) is 10.3. The van der Waals surface area contributed by atoms with Crippen LogP contribution in [0.5, 0.6) is 0 Å². The van der Waals surface area contributed by atoms with Crippen molar-refractivity contribution in [3.8, 4) is 0 Å². The van der Waals surface area contributed by atoms with Crippen LogP contribution in [0.1, 0.15) is 78.6 Å². The fraction of sp³-hybridized carbons (Fsp3) is 1.00. The van der Waals surface area contributed by atoms with Crippen LogP contribution in [0.2, 0.25) is 0 Å². The molecule has 0 radical (unpaired) electrons. The van der Waals surface area contributed by atoms with Crippen molar-refractivity contribution in [1.29, 1.82) is 0 Å². The van der Waals surface area contributed by atoms with E-state index in [1.807, 2.05) is 0 Å². The van der Waals surface area contributed by atoms with E-state index in [-0.39, 0.29) is 17.8 Å². The molecule has 0 heterocycles. The molecule has 4 rings (SSSR count). The normalized spacial score (nSPS) is 56.2. The number of aliphatic hydroxyl groups excluding tert-OH is 1. The zero-order valence-corrected chi connectivity index (χ0v) is 17.0. The van der Waals surface area contributed by atoms with Crippen LogP contribution in [0.15, 0.2) is 0 Å². The summed E-state index contributed by atoms with van der Waals surface area (Å²) in [7, 11) is 0. The fourth-order valence-electron chi connectivity index (χ4n) is 8.03. The van der Waals surface area contributed by atoms with E-state index in [4.69, 9.17) is 5.73 Å². The van der Waals surface area contributed by atoms with Crippen LogP contribution in [0, 0.1) is 34.5 Å². The third-order valence-electron chi connectivity index (χ3n) is 9.61. The number of nitrogens with two attached hydrogens (primary N) is 1. The summed E-state index contributed by atoms with van der Waals surface area (Å²) in [4.78, 5) is 0. The quantitative estimate of drug-likeness (QED) is 0.655. The Labute approximate surface area is 159 Å². The minimum atomic E-state index is -0.880. The van der Waals surface area contributed by atoms with E-state index in [2.05, 4.69) is 13.8 Å². The van der Waals surface area contributed by atoms with Crippen molar-refractivity contribution >= 4 is 12.4 Å². The maximum Gasteiger partial charge on any atom is 0.0958 e. The molecule has 4 aliphatic carbocycles. The molecular weight excluding hydrogens is 334 g/mol. The van der Waals surface area contributed by atoms with Crippen LogP contribution in [0.3, 0.4) is 0 Å². The lowest BCUT2D eigenvalue weighted by atomic mass is 9.44. The van der Waals surface area contributed by atoms with E-state index in [9.17, 15) is 10.2 Å². The third-order valence-corrected chi connectivity index (χ3v) is 9.61. The van der Waals surface area contributed by atoms with Crippen molar-refractivity contribution in [2.75, 3.05) is 0 Å². The molecule has 4 saturated carbocycles. The molecule has 0 spiro atoms. The zero-order valence-electron chi connectivity index (χ0n) is 16.2. The minimum absolute atomic E-state index is 0. The molecule has 3 nitrogen and oxygen atoms in total. The highest BCUT2D eigenvalue weighted by Gasteiger charge is 2.65. The number of rotatable bonds is 1. The molecule has 0 aliphatic heterocycles. The first-order chi connectivity index (χ1) is 11.2. The lowest BCUT2D eigenvalue weighted by Gasteiger charge is -2.62. The summed E-state index contributed by atoms with van der Waals surface area (Å²) in [6, 6.07) is 0.417. The first-order valence-corrected chi connectivity index (χ1v) is 10.4. The minimum Gasteiger partial charge on any atom is -0.390 e. The van der Waals surface area contributed by atoms with Crippen LogP contribution in [0.25, 0.3) is 0 Å². The zero-order chi connectivity index (χ0) is 17.3. The molecule has 0 aromatic rings. The molecule has 146 valence electrons. The second-order valence-corrected chi connectivity index (χ2v) is 10.3. The molecule has 4 N–H and O–H groups in total. The number of hydrogen-bond acceptors (Lipinski definition) is 3. The molecule has 25 heavy (non-hydrogen) atoms. The number of fused-ring (bicyclic) bond motifs is 5. The van der Waals surface area contributed by atoms with E-state index in [0.717, 1.165) is 37.0 Å². The average Bonchev–Trinajstić information content (AvgIpc) is 2.81. The summed E-state index contributed by atoms with van der Waals surface area (Å²) < 4.78 is 0. The Bertz CT molecular complexity index is 514. The number of halogens is 1. The summed E-state index contributed by atoms with van der Waals surface area (Å²) >= 11 is 0. The molecule has 4 aliphatic rings. The molecule has 0 unspecified atom stereocenters. The molecule has 0 amide bonds. The first kappa shape index (κ1) is 19.9. The predicted octanol–water partition coefficient (Wildman–Crippen LogP) is 3.89. The maximum atomic E-state index is 11.3. The van der Waals surface area contributed by atoms with Crippen LogP contribution >= 0.6 is 12.4 Å². The fourth-order valence-corrected chi connectivity index (χ4v) is 8.03. The van der Waals surface area contributed by atoms with Crippen molar-refractivity contribution < 1.29 is 10.2 Å². The van der Waals surface area contributed by atoms with Crippen LogP contribution < -0.4 is 5.73 Å². The highest BCUT2D eigenvalue weighted by molar-refractivity contribution is 5.85. The van der Waals surface area contributed by atoms with Gasteiger partial charge in [-0.15, -0.1) is 12.4 Å². The molecule has 4 fully saturated rings. The van der Waals surface area contributed by atoms with Gasteiger partial charge in [-0.3, -0.25) is 0 Å². The smallest absolute Gasteiger partial charge is 0.0958 e. The van der Waals surface area contributed by atoms with Gasteiger partial charge >= 0.3 is 0 Å². The first-order valence-electron chi connectivity index (χ1n) is 10.4. The molecule has 0 aromatic heterocycles. The van der Waals surface area contributed by atoms with Crippen molar-refractivity contribution in [3.05, 3.63) is 0 Å². The standard InChI is InChI=1S/C21H37NO2.ClH/c1-13(23)21(24)11-8-18-16-5-4-14-12-15(22)6-9-19(14,2)17(16)7-10-20(18,21)3;/h13-18,23-24H,4-12,22H2,1-3H3;1H/t13-,14-,15+,16+,17-,18-,19-,20-,21-;/m0./s1. The van der Waals surface area contributed by atoms with E-state index < -0.39 is 11.7 Å². The van der Waals surface area contributed by atoms with E-state index in [1.165, 1.54) is 38.5 Å². The highest BCUT2D eigenvalue weighted by Crippen LogP contribution is 2.68. The van der Waals surface area contributed by atoms with Gasteiger partial charge in [0.25, 0.3) is 0 Å². The number of hydrogen-bond donors (Lipinski definition) is 3. The van der Waals surface area contributed by atoms with Crippen LogP contribution in [-0.4, -0.2) is 28.0 Å². The van der Waals surface area contributed by atoms with Crippen LogP contribution in [-0.2, 0) is 0 Å². The molecule has 0 bridgehead atoms. The lowest BCUT2D eigenvalue weighted by Crippen LogP contribution is -2.59. The maximum absolute atomic E-state index is 11.3. The average molecular weight is 372 g/mol. The van der Waals surface area contributed by atoms with E-state index in [1.54, 1.807) is 6.92 Å². The lowest BCUT2D eigenvalue weighted by molar-refractivity contribution is -0.183. The SMILES string of the molecule is C[C@H](O)[C@@]1(O)CC[C@H]2[C@@H]3CC[C@H]4C[C@H](N)CC[C@]4(C)[C@H]3CC[C@@]21C.Cl. The van der Waals surface area contributed by atoms with Gasteiger partial charge in [0.15, 0.2) is 0 Å². The second kappa shape index (κ2) is 6.36. The Kier molecular flexibility index (Phi) is 5.07. The molecule has 0 saturated heterocycles. The Hall–Kier alpha value is 0.170. The third kappa shape index (κ3) is 2.56. The van der Waals surface area contributed by atoms with E-state index >= 15 is 0 Å². The molecular formula is C21H38ClNO2. The summed E-state index contributed by atoms with van der Waals surface area (Å²) in [6.45, 7) is 6.62. The van der Waals surface area contributed by atoms with Gasteiger partial charge in [-0.05, 0) is 93.8 Å². The van der Waals surface area contributed by atoms with Gasteiger partial charge in [0.1, 0.15) is 0 Å². The topological polar surface area (TPSA) is 66.5 Å². The van der Waals surface area contributed by atoms with Gasteiger partial charge < -0.3 is 15.9 Å². The van der Waals surface area contributed by atoms with Gasteiger partial charge in [0.05, 0.1) is 11.7 Å². The van der Waals surface area contributed by atoms with Crippen LogP contribution in [0.4, 0.5) is 0 Å². The van der Waals surface area contributed by atoms with Gasteiger partial charge in [-0.25, -0.2) is 0 Å².